The molecule has 0 aromatic heterocycles. The van der Waals surface area contributed by atoms with Crippen molar-refractivity contribution in [3.05, 3.63) is 33.4 Å². The predicted molar refractivity (Wildman–Crippen MR) is 93.4 cm³/mol. The van der Waals surface area contributed by atoms with Gasteiger partial charge >= 0.3 is 5.97 Å². The number of carbonyl (C=O) groups excluding carboxylic acids is 1. The summed E-state index contributed by atoms with van der Waals surface area (Å²) in [5.41, 5.74) is 1.20. The lowest BCUT2D eigenvalue weighted by Gasteiger charge is -2.39. The van der Waals surface area contributed by atoms with Gasteiger partial charge in [-0.2, -0.15) is 0 Å². The van der Waals surface area contributed by atoms with E-state index in [9.17, 15) is 14.9 Å². The van der Waals surface area contributed by atoms with Crippen molar-refractivity contribution in [1.29, 1.82) is 0 Å². The van der Waals surface area contributed by atoms with Crippen LogP contribution in [0.25, 0.3) is 0 Å². The zero-order chi connectivity index (χ0) is 18.1. The van der Waals surface area contributed by atoms with Gasteiger partial charge in [0.25, 0.3) is 5.69 Å². The molecule has 0 radical (unpaired) electrons. The largest absolute Gasteiger partial charge is 0.465 e. The van der Waals surface area contributed by atoms with E-state index < -0.39 is 10.9 Å². The molecule has 0 amide bonds. The standard InChI is InChI=1S/C18H26N2O4/c1-11-8-13(10-18(3,4)9-11)19-15-7-6-14(17(21)24-5)12(2)16(15)20(22)23/h6-7,11,13,19H,8-10H2,1-5H3/t11-,13-/m0/s1. The second kappa shape index (κ2) is 6.79. The normalized spacial score (nSPS) is 22.7. The lowest BCUT2D eigenvalue weighted by Crippen LogP contribution is -2.35. The number of nitrogens with one attached hydrogen (secondary N) is 1. The number of rotatable bonds is 4. The highest BCUT2D eigenvalue weighted by molar-refractivity contribution is 5.93. The van der Waals surface area contributed by atoms with E-state index in [1.165, 1.54) is 7.11 Å². The molecule has 1 aliphatic rings. The van der Waals surface area contributed by atoms with E-state index in [0.717, 1.165) is 19.3 Å². The molecule has 0 spiro atoms. The van der Waals surface area contributed by atoms with Crippen molar-refractivity contribution < 1.29 is 14.5 Å². The van der Waals surface area contributed by atoms with Gasteiger partial charge in [-0.1, -0.05) is 20.8 Å². The highest BCUT2D eigenvalue weighted by atomic mass is 16.6. The van der Waals surface area contributed by atoms with Crippen LogP contribution in [0.2, 0.25) is 0 Å². The van der Waals surface area contributed by atoms with Gasteiger partial charge < -0.3 is 10.1 Å². The summed E-state index contributed by atoms with van der Waals surface area (Å²) in [4.78, 5) is 22.9. The molecule has 6 heteroatoms. The zero-order valence-corrected chi connectivity index (χ0v) is 15.0. The number of hydrogen-bond acceptors (Lipinski definition) is 5. The molecular weight excluding hydrogens is 308 g/mol. The number of carbonyl (C=O) groups is 1. The molecule has 0 unspecified atom stereocenters. The van der Waals surface area contributed by atoms with Crippen LogP contribution in [0.1, 0.15) is 56.0 Å². The van der Waals surface area contributed by atoms with E-state index in [0.29, 0.717) is 17.2 Å². The Kier molecular flexibility index (Phi) is 5.16. The lowest BCUT2D eigenvalue weighted by atomic mass is 9.70. The third-order valence-corrected chi connectivity index (χ3v) is 4.77. The number of benzene rings is 1. The molecule has 0 saturated heterocycles. The van der Waals surface area contributed by atoms with Crippen LogP contribution in [0.5, 0.6) is 0 Å². The second-order valence-electron chi connectivity index (χ2n) is 7.64. The molecule has 24 heavy (non-hydrogen) atoms. The summed E-state index contributed by atoms with van der Waals surface area (Å²) < 4.78 is 4.70. The SMILES string of the molecule is COC(=O)c1ccc(N[C@H]2C[C@H](C)CC(C)(C)C2)c([N+](=O)[O-])c1C. The average Bonchev–Trinajstić information content (AvgIpc) is 2.44. The third kappa shape index (κ3) is 3.86. The van der Waals surface area contributed by atoms with Crippen molar-refractivity contribution in [3.63, 3.8) is 0 Å². The summed E-state index contributed by atoms with van der Waals surface area (Å²) in [6.07, 6.45) is 3.11. The van der Waals surface area contributed by atoms with Gasteiger partial charge in [-0.15, -0.1) is 0 Å². The van der Waals surface area contributed by atoms with Gasteiger partial charge in [0.15, 0.2) is 0 Å². The Morgan fingerprint density at radius 1 is 1.38 bits per heavy atom. The molecular formula is C18H26N2O4. The molecule has 1 N–H and O–H groups in total. The summed E-state index contributed by atoms with van der Waals surface area (Å²) in [7, 11) is 1.27. The lowest BCUT2D eigenvalue weighted by molar-refractivity contribution is -0.384. The number of hydrogen-bond donors (Lipinski definition) is 1. The molecule has 1 aliphatic carbocycles. The Balaban J connectivity index is 2.35. The average molecular weight is 334 g/mol. The predicted octanol–water partition coefficient (Wildman–Crippen LogP) is 4.32. The van der Waals surface area contributed by atoms with Crippen LogP contribution in [0.15, 0.2) is 12.1 Å². The number of esters is 1. The summed E-state index contributed by atoms with van der Waals surface area (Å²) in [5, 5.41) is 14.9. The van der Waals surface area contributed by atoms with Crippen molar-refractivity contribution in [2.75, 3.05) is 12.4 Å². The van der Waals surface area contributed by atoms with E-state index in [2.05, 4.69) is 26.1 Å². The van der Waals surface area contributed by atoms with Gasteiger partial charge in [-0.25, -0.2) is 4.79 Å². The molecule has 6 nitrogen and oxygen atoms in total. The van der Waals surface area contributed by atoms with Crippen molar-refractivity contribution in [2.45, 2.75) is 53.0 Å². The molecule has 2 atom stereocenters. The number of nitrogens with zero attached hydrogens (tertiary/aromatic N) is 1. The van der Waals surface area contributed by atoms with Crippen LogP contribution < -0.4 is 5.32 Å². The first-order valence-corrected chi connectivity index (χ1v) is 8.27. The van der Waals surface area contributed by atoms with Crippen LogP contribution >= 0.6 is 0 Å². The first-order chi connectivity index (χ1) is 11.1. The molecule has 1 aromatic rings. The van der Waals surface area contributed by atoms with E-state index >= 15 is 0 Å². The number of ether oxygens (including phenoxy) is 1. The number of anilines is 1. The van der Waals surface area contributed by atoms with E-state index in [4.69, 9.17) is 4.74 Å². The maximum Gasteiger partial charge on any atom is 0.338 e. The Hall–Kier alpha value is -2.11. The molecule has 0 aliphatic heterocycles. The van der Waals surface area contributed by atoms with Gasteiger partial charge in [0.1, 0.15) is 5.69 Å². The molecule has 132 valence electrons. The monoisotopic (exact) mass is 334 g/mol. The molecule has 0 heterocycles. The summed E-state index contributed by atoms with van der Waals surface area (Å²) in [6.45, 7) is 8.27. The van der Waals surface area contributed by atoms with Crippen molar-refractivity contribution >= 4 is 17.3 Å². The molecule has 2 rings (SSSR count). The minimum absolute atomic E-state index is 0.0473. The quantitative estimate of drug-likeness (QED) is 0.504. The summed E-state index contributed by atoms with van der Waals surface area (Å²) in [5.74, 6) is 0.00955. The zero-order valence-electron chi connectivity index (χ0n) is 15.0. The smallest absolute Gasteiger partial charge is 0.338 e. The maximum atomic E-state index is 11.8. The highest BCUT2D eigenvalue weighted by Gasteiger charge is 2.33. The topological polar surface area (TPSA) is 81.5 Å². The first kappa shape index (κ1) is 18.2. The summed E-state index contributed by atoms with van der Waals surface area (Å²) in [6, 6.07) is 3.39. The van der Waals surface area contributed by atoms with Gasteiger partial charge in [0, 0.05) is 11.6 Å². The molecule has 1 saturated carbocycles. The third-order valence-electron chi connectivity index (χ3n) is 4.77. The van der Waals surface area contributed by atoms with Crippen LogP contribution in [0.4, 0.5) is 11.4 Å². The highest BCUT2D eigenvalue weighted by Crippen LogP contribution is 2.41. The Morgan fingerprint density at radius 2 is 2.04 bits per heavy atom. The minimum Gasteiger partial charge on any atom is -0.465 e. The van der Waals surface area contributed by atoms with E-state index in [1.54, 1.807) is 19.1 Å². The van der Waals surface area contributed by atoms with Crippen LogP contribution in [-0.2, 0) is 4.74 Å². The fraction of sp³-hybridized carbons (Fsp3) is 0.611. The molecule has 0 bridgehead atoms. The van der Waals surface area contributed by atoms with Gasteiger partial charge in [-0.05, 0) is 49.7 Å². The number of nitro groups is 1. The first-order valence-electron chi connectivity index (χ1n) is 8.27. The van der Waals surface area contributed by atoms with Crippen LogP contribution in [-0.4, -0.2) is 24.0 Å². The van der Waals surface area contributed by atoms with Crippen LogP contribution in [0.3, 0.4) is 0 Å². The Morgan fingerprint density at radius 3 is 2.58 bits per heavy atom. The molecule has 1 aromatic carbocycles. The van der Waals surface area contributed by atoms with Gasteiger partial charge in [-0.3, -0.25) is 10.1 Å². The van der Waals surface area contributed by atoms with E-state index in [1.807, 2.05) is 0 Å². The summed E-state index contributed by atoms with van der Waals surface area (Å²) >= 11 is 0. The fourth-order valence-electron chi connectivity index (χ4n) is 4.06. The van der Waals surface area contributed by atoms with Crippen molar-refractivity contribution in [3.8, 4) is 0 Å². The van der Waals surface area contributed by atoms with Gasteiger partial charge in [0.2, 0.25) is 0 Å². The fourth-order valence-corrected chi connectivity index (χ4v) is 4.06. The van der Waals surface area contributed by atoms with Crippen LogP contribution in [0, 0.1) is 28.4 Å². The van der Waals surface area contributed by atoms with Gasteiger partial charge in [0.05, 0.1) is 17.6 Å². The molecule has 1 fully saturated rings. The van der Waals surface area contributed by atoms with Crippen molar-refractivity contribution in [2.24, 2.45) is 11.3 Å². The number of nitro benzene ring substituents is 1. The Bertz CT molecular complexity index is 655. The number of methoxy groups -OCH3 is 1. The van der Waals surface area contributed by atoms with E-state index in [-0.39, 0.29) is 22.7 Å². The Labute approximate surface area is 142 Å². The minimum atomic E-state index is -0.561. The maximum absolute atomic E-state index is 11.8. The van der Waals surface area contributed by atoms with Crippen molar-refractivity contribution in [1.82, 2.24) is 0 Å². The second-order valence-corrected chi connectivity index (χ2v) is 7.64.